The second-order valence-corrected chi connectivity index (χ2v) is 11.2. The van der Waals surface area contributed by atoms with Crippen LogP contribution in [0.25, 0.3) is 16.5 Å². The Kier molecular flexibility index (Phi) is 7.94. The van der Waals surface area contributed by atoms with Crippen LogP contribution in [0.5, 0.6) is 11.5 Å². The normalized spacial score (nSPS) is 11.4. The van der Waals surface area contributed by atoms with Crippen LogP contribution in [0.15, 0.2) is 41.8 Å². The topological polar surface area (TPSA) is 132 Å². The fourth-order valence-corrected chi connectivity index (χ4v) is 5.67. The fourth-order valence-electron chi connectivity index (χ4n) is 3.71. The first-order chi connectivity index (χ1) is 18.2. The summed E-state index contributed by atoms with van der Waals surface area (Å²) in [7, 11) is -1.01. The number of rotatable bonds is 10. The van der Waals surface area contributed by atoms with E-state index in [1.54, 1.807) is 18.2 Å². The molecule has 13 heteroatoms. The van der Waals surface area contributed by atoms with Gasteiger partial charge in [0.2, 0.25) is 16.0 Å². The highest BCUT2D eigenvalue weighted by atomic mass is 32.2. The van der Waals surface area contributed by atoms with Gasteiger partial charge in [-0.2, -0.15) is 5.26 Å². The summed E-state index contributed by atoms with van der Waals surface area (Å²) in [6.07, 6.45) is -0.0122. The standard InChI is InChI=1S/C25H25FN6O4S2/c1-15(2)19-14-37-24(28-19)23-29-30-25(32(23)22-20(35-3)6-5-7-21(22)36-4)31-38(33,34)11-10-16-8-9-18(26)12-17(16)13-27/h5-9,12,14-15H,10-11H2,1-4H3,(H,30,31). The molecule has 0 aliphatic carbocycles. The molecule has 2 heterocycles. The Bertz CT molecular complexity index is 1590. The van der Waals surface area contributed by atoms with Crippen LogP contribution >= 0.6 is 11.3 Å². The van der Waals surface area contributed by atoms with Crippen LogP contribution in [-0.4, -0.2) is 48.1 Å². The van der Waals surface area contributed by atoms with Crippen molar-refractivity contribution < 1.29 is 22.3 Å². The van der Waals surface area contributed by atoms with E-state index >= 15 is 0 Å². The maximum atomic E-state index is 13.5. The highest BCUT2D eigenvalue weighted by Crippen LogP contribution is 2.38. The van der Waals surface area contributed by atoms with Crippen LogP contribution in [0.2, 0.25) is 0 Å². The molecular weight excluding hydrogens is 531 g/mol. The molecule has 4 aromatic rings. The third-order valence-corrected chi connectivity index (χ3v) is 7.76. The maximum absolute atomic E-state index is 13.5. The van der Waals surface area contributed by atoms with Gasteiger partial charge in [-0.3, -0.25) is 9.29 Å². The van der Waals surface area contributed by atoms with Crippen molar-refractivity contribution in [1.29, 1.82) is 5.26 Å². The molecule has 0 aliphatic heterocycles. The van der Waals surface area contributed by atoms with E-state index in [1.807, 2.05) is 25.3 Å². The van der Waals surface area contributed by atoms with Crippen molar-refractivity contribution in [2.45, 2.75) is 26.2 Å². The molecule has 10 nitrogen and oxygen atoms in total. The average Bonchev–Trinajstić information content (AvgIpc) is 3.54. The van der Waals surface area contributed by atoms with Gasteiger partial charge in [-0.05, 0) is 42.2 Å². The predicted octanol–water partition coefficient (Wildman–Crippen LogP) is 4.53. The van der Waals surface area contributed by atoms with Crippen molar-refractivity contribution in [1.82, 2.24) is 19.7 Å². The maximum Gasteiger partial charge on any atom is 0.243 e. The van der Waals surface area contributed by atoms with E-state index in [9.17, 15) is 18.1 Å². The molecule has 2 aromatic carbocycles. The molecule has 198 valence electrons. The lowest BCUT2D eigenvalue weighted by atomic mass is 10.1. The number of para-hydroxylation sites is 1. The summed E-state index contributed by atoms with van der Waals surface area (Å²) in [4.78, 5) is 4.66. The molecule has 0 saturated heterocycles. The molecular formula is C25H25FN6O4S2. The molecule has 0 amide bonds. The number of anilines is 1. The Morgan fingerprint density at radius 3 is 2.47 bits per heavy atom. The molecule has 0 saturated carbocycles. The molecule has 1 N–H and O–H groups in total. The number of aryl methyl sites for hydroxylation is 1. The number of aromatic nitrogens is 4. The van der Waals surface area contributed by atoms with Gasteiger partial charge in [0.15, 0.2) is 10.8 Å². The fraction of sp³-hybridized carbons (Fsp3) is 0.280. The number of sulfonamides is 1. The van der Waals surface area contributed by atoms with Gasteiger partial charge in [0, 0.05) is 5.38 Å². The summed E-state index contributed by atoms with van der Waals surface area (Å²) < 4.78 is 54.9. The van der Waals surface area contributed by atoms with Crippen LogP contribution < -0.4 is 14.2 Å². The minimum Gasteiger partial charge on any atom is -0.494 e. The van der Waals surface area contributed by atoms with Crippen LogP contribution in [0, 0.1) is 17.1 Å². The molecule has 0 radical (unpaired) electrons. The second kappa shape index (κ2) is 11.2. The minimum atomic E-state index is -3.99. The lowest BCUT2D eigenvalue weighted by molar-refractivity contribution is 0.391. The summed E-state index contributed by atoms with van der Waals surface area (Å²) in [5, 5.41) is 20.1. The van der Waals surface area contributed by atoms with Crippen LogP contribution in [0.3, 0.4) is 0 Å². The molecule has 0 atom stereocenters. The minimum absolute atomic E-state index is 0.0122. The van der Waals surface area contributed by atoms with Crippen molar-refractivity contribution >= 4 is 27.3 Å². The lowest BCUT2D eigenvalue weighted by Crippen LogP contribution is -2.21. The molecule has 0 bridgehead atoms. The second-order valence-electron chi connectivity index (χ2n) is 8.51. The number of benzene rings is 2. The Morgan fingerprint density at radius 2 is 1.87 bits per heavy atom. The van der Waals surface area contributed by atoms with Crippen LogP contribution in [0.4, 0.5) is 10.3 Å². The number of thiazole rings is 1. The van der Waals surface area contributed by atoms with Crippen molar-refractivity contribution in [3.63, 3.8) is 0 Å². The summed E-state index contributed by atoms with van der Waals surface area (Å²) >= 11 is 1.36. The Morgan fingerprint density at radius 1 is 1.16 bits per heavy atom. The van der Waals surface area contributed by atoms with E-state index in [-0.39, 0.29) is 29.6 Å². The summed E-state index contributed by atoms with van der Waals surface area (Å²) in [5.74, 6) is 0.234. The zero-order chi connectivity index (χ0) is 27.4. The van der Waals surface area contributed by atoms with Gasteiger partial charge < -0.3 is 9.47 Å². The third-order valence-electron chi connectivity index (χ3n) is 5.67. The van der Waals surface area contributed by atoms with Gasteiger partial charge in [-0.1, -0.05) is 26.0 Å². The average molecular weight is 557 g/mol. The highest BCUT2D eigenvalue weighted by molar-refractivity contribution is 7.92. The monoisotopic (exact) mass is 556 g/mol. The van der Waals surface area contributed by atoms with E-state index in [0.29, 0.717) is 33.6 Å². The number of methoxy groups -OCH3 is 2. The van der Waals surface area contributed by atoms with Crippen molar-refractivity contribution in [2.75, 3.05) is 24.7 Å². The molecule has 0 fully saturated rings. The third kappa shape index (κ3) is 5.61. The van der Waals surface area contributed by atoms with E-state index in [0.717, 1.165) is 11.8 Å². The molecule has 38 heavy (non-hydrogen) atoms. The zero-order valence-corrected chi connectivity index (χ0v) is 22.7. The number of hydrogen-bond donors (Lipinski definition) is 1. The van der Waals surface area contributed by atoms with Crippen molar-refractivity contribution in [2.24, 2.45) is 0 Å². The Labute approximate surface area is 223 Å². The number of halogens is 1. The van der Waals surface area contributed by atoms with Gasteiger partial charge >= 0.3 is 0 Å². The molecule has 0 spiro atoms. The SMILES string of the molecule is COc1cccc(OC)c1-n1c(NS(=O)(=O)CCc2ccc(F)cc2C#N)nnc1-c1nc(C(C)C)cs1. The quantitative estimate of drug-likeness (QED) is 0.301. The van der Waals surface area contributed by atoms with Gasteiger partial charge in [0.05, 0.1) is 37.3 Å². The number of hydrogen-bond acceptors (Lipinski definition) is 9. The lowest BCUT2D eigenvalue weighted by Gasteiger charge is -2.17. The summed E-state index contributed by atoms with van der Waals surface area (Å²) in [5.41, 5.74) is 1.74. The van der Waals surface area contributed by atoms with Crippen LogP contribution in [-0.2, 0) is 16.4 Å². The number of nitrogens with one attached hydrogen (secondary N) is 1. The molecule has 0 unspecified atom stereocenters. The highest BCUT2D eigenvalue weighted by Gasteiger charge is 2.26. The van der Waals surface area contributed by atoms with Gasteiger partial charge in [-0.25, -0.2) is 17.8 Å². The van der Waals surface area contributed by atoms with E-state index in [2.05, 4.69) is 19.9 Å². The van der Waals surface area contributed by atoms with Crippen molar-refractivity contribution in [3.8, 4) is 34.1 Å². The number of nitrogens with zero attached hydrogens (tertiary/aromatic N) is 5. The van der Waals surface area contributed by atoms with E-state index < -0.39 is 15.8 Å². The smallest absolute Gasteiger partial charge is 0.243 e. The number of ether oxygens (including phenoxy) is 2. The predicted molar refractivity (Wildman–Crippen MR) is 142 cm³/mol. The van der Waals surface area contributed by atoms with Gasteiger partial charge in [-0.15, -0.1) is 21.5 Å². The summed E-state index contributed by atoms with van der Waals surface area (Å²) in [6.45, 7) is 4.04. The zero-order valence-electron chi connectivity index (χ0n) is 21.1. The molecule has 0 aliphatic rings. The molecule has 2 aromatic heterocycles. The van der Waals surface area contributed by atoms with Crippen molar-refractivity contribution in [3.05, 3.63) is 64.4 Å². The Balaban J connectivity index is 1.77. The number of nitriles is 1. The van der Waals surface area contributed by atoms with Gasteiger partial charge in [0.1, 0.15) is 23.0 Å². The Hall–Kier alpha value is -4.02. The van der Waals surface area contributed by atoms with Gasteiger partial charge in [0.25, 0.3) is 0 Å². The first-order valence-electron chi connectivity index (χ1n) is 11.5. The first kappa shape index (κ1) is 27.0. The summed E-state index contributed by atoms with van der Waals surface area (Å²) in [6, 6.07) is 10.7. The molecule has 4 rings (SSSR count). The van der Waals surface area contributed by atoms with E-state index in [1.165, 1.54) is 42.3 Å². The van der Waals surface area contributed by atoms with Crippen LogP contribution in [0.1, 0.15) is 36.6 Å². The van der Waals surface area contributed by atoms with E-state index in [4.69, 9.17) is 9.47 Å². The largest absolute Gasteiger partial charge is 0.494 e. The first-order valence-corrected chi connectivity index (χ1v) is 14.0.